The monoisotopic (exact) mass is 267 g/mol. The minimum Gasteiger partial charge on any atom is -0.330 e. The van der Waals surface area contributed by atoms with Crippen molar-refractivity contribution >= 4 is 15.7 Å². The molecule has 1 aromatic rings. The van der Waals surface area contributed by atoms with Crippen LogP contribution in [0.2, 0.25) is 0 Å². The van der Waals surface area contributed by atoms with Gasteiger partial charge in [0.25, 0.3) is 0 Å². The molecule has 0 bridgehead atoms. The van der Waals surface area contributed by atoms with E-state index in [0.29, 0.717) is 30.8 Å². The molecular weight excluding hydrogens is 250 g/mol. The Morgan fingerprint density at radius 3 is 2.39 bits per heavy atom. The van der Waals surface area contributed by atoms with Crippen LogP contribution in [0.4, 0.5) is 5.69 Å². The molecule has 6 heteroatoms. The predicted molar refractivity (Wildman–Crippen MR) is 71.6 cm³/mol. The van der Waals surface area contributed by atoms with E-state index < -0.39 is 10.0 Å². The molecule has 1 aromatic carbocycles. The molecule has 2 N–H and O–H groups in total. The molecular formula is C12H17N3O2S. The van der Waals surface area contributed by atoms with Crippen molar-refractivity contribution in [3.63, 3.8) is 0 Å². The van der Waals surface area contributed by atoms with E-state index in [0.717, 1.165) is 0 Å². The SMILES string of the molecule is CCS(=O)(=O)N(CCCN)c1ccc(C#N)cc1. The molecule has 1 rings (SSSR count). The predicted octanol–water partition coefficient (Wildman–Crippen LogP) is 1.06. The maximum absolute atomic E-state index is 12.0. The Kier molecular flexibility index (Phi) is 5.13. The highest BCUT2D eigenvalue weighted by molar-refractivity contribution is 7.92. The first-order valence-electron chi connectivity index (χ1n) is 5.75. The third-order valence-electron chi connectivity index (χ3n) is 2.55. The number of nitrogens with two attached hydrogens (primary N) is 1. The second-order valence-electron chi connectivity index (χ2n) is 3.77. The molecule has 0 aliphatic heterocycles. The van der Waals surface area contributed by atoms with Gasteiger partial charge in [-0.25, -0.2) is 8.42 Å². The van der Waals surface area contributed by atoms with Gasteiger partial charge in [0.2, 0.25) is 10.0 Å². The Balaban J connectivity index is 3.06. The van der Waals surface area contributed by atoms with Crippen LogP contribution in [0.15, 0.2) is 24.3 Å². The van der Waals surface area contributed by atoms with Crippen molar-refractivity contribution < 1.29 is 8.42 Å². The van der Waals surface area contributed by atoms with Gasteiger partial charge in [0.15, 0.2) is 0 Å². The number of nitrogens with zero attached hydrogens (tertiary/aromatic N) is 2. The number of rotatable bonds is 6. The Bertz CT molecular complexity index is 517. The highest BCUT2D eigenvalue weighted by atomic mass is 32.2. The van der Waals surface area contributed by atoms with Gasteiger partial charge >= 0.3 is 0 Å². The molecule has 0 saturated carbocycles. The lowest BCUT2D eigenvalue weighted by Crippen LogP contribution is -2.34. The van der Waals surface area contributed by atoms with Gasteiger partial charge in [0.05, 0.1) is 23.1 Å². The Hall–Kier alpha value is -1.58. The first-order chi connectivity index (χ1) is 8.55. The van der Waals surface area contributed by atoms with Crippen molar-refractivity contribution in [2.45, 2.75) is 13.3 Å². The average Bonchev–Trinajstić information content (AvgIpc) is 2.39. The molecule has 5 nitrogen and oxygen atoms in total. The summed E-state index contributed by atoms with van der Waals surface area (Å²) in [6.45, 7) is 2.40. The largest absolute Gasteiger partial charge is 0.330 e. The first kappa shape index (κ1) is 14.5. The fourth-order valence-corrected chi connectivity index (χ4v) is 2.68. The second kappa shape index (κ2) is 6.38. The number of sulfonamides is 1. The van der Waals surface area contributed by atoms with E-state index in [1.165, 1.54) is 4.31 Å². The van der Waals surface area contributed by atoms with E-state index in [9.17, 15) is 8.42 Å². The zero-order valence-electron chi connectivity index (χ0n) is 10.3. The average molecular weight is 267 g/mol. The molecule has 0 saturated heterocycles. The summed E-state index contributed by atoms with van der Waals surface area (Å²) in [5.41, 5.74) is 6.50. The van der Waals surface area contributed by atoms with Crippen molar-refractivity contribution in [3.05, 3.63) is 29.8 Å². The van der Waals surface area contributed by atoms with Gasteiger partial charge in [-0.05, 0) is 44.2 Å². The molecule has 0 fully saturated rings. The minimum absolute atomic E-state index is 0.0393. The Morgan fingerprint density at radius 1 is 1.33 bits per heavy atom. The van der Waals surface area contributed by atoms with Gasteiger partial charge in [-0.15, -0.1) is 0 Å². The minimum atomic E-state index is -3.31. The number of nitriles is 1. The van der Waals surface area contributed by atoms with Gasteiger partial charge in [0.1, 0.15) is 0 Å². The van der Waals surface area contributed by atoms with Crippen molar-refractivity contribution in [3.8, 4) is 6.07 Å². The fourth-order valence-electron chi connectivity index (χ4n) is 1.52. The summed E-state index contributed by atoms with van der Waals surface area (Å²) in [6, 6.07) is 8.50. The van der Waals surface area contributed by atoms with E-state index >= 15 is 0 Å². The zero-order chi connectivity index (χ0) is 13.6. The van der Waals surface area contributed by atoms with Gasteiger partial charge in [0, 0.05) is 6.54 Å². The number of benzene rings is 1. The number of anilines is 1. The number of hydrogen-bond donors (Lipinski definition) is 1. The lowest BCUT2D eigenvalue weighted by atomic mass is 10.2. The highest BCUT2D eigenvalue weighted by Gasteiger charge is 2.19. The van der Waals surface area contributed by atoms with E-state index in [1.54, 1.807) is 31.2 Å². The third-order valence-corrected chi connectivity index (χ3v) is 4.34. The van der Waals surface area contributed by atoms with Gasteiger partial charge in [-0.2, -0.15) is 5.26 Å². The maximum atomic E-state index is 12.0. The molecule has 0 atom stereocenters. The molecule has 18 heavy (non-hydrogen) atoms. The Morgan fingerprint density at radius 2 is 1.94 bits per heavy atom. The van der Waals surface area contributed by atoms with Crippen LogP contribution >= 0.6 is 0 Å². The summed E-state index contributed by atoms with van der Waals surface area (Å²) in [4.78, 5) is 0. The topological polar surface area (TPSA) is 87.2 Å². The normalized spacial score (nSPS) is 10.9. The zero-order valence-corrected chi connectivity index (χ0v) is 11.2. The van der Waals surface area contributed by atoms with Crippen molar-refractivity contribution in [1.82, 2.24) is 0 Å². The van der Waals surface area contributed by atoms with Gasteiger partial charge < -0.3 is 5.73 Å². The van der Waals surface area contributed by atoms with E-state index in [4.69, 9.17) is 11.0 Å². The van der Waals surface area contributed by atoms with Crippen molar-refractivity contribution in [1.29, 1.82) is 5.26 Å². The van der Waals surface area contributed by atoms with Gasteiger partial charge in [-0.1, -0.05) is 0 Å². The quantitative estimate of drug-likeness (QED) is 0.835. The molecule has 0 spiro atoms. The van der Waals surface area contributed by atoms with Gasteiger partial charge in [-0.3, -0.25) is 4.31 Å². The Labute approximate surface area is 108 Å². The van der Waals surface area contributed by atoms with Crippen LogP contribution in [-0.4, -0.2) is 27.3 Å². The number of hydrogen-bond acceptors (Lipinski definition) is 4. The summed E-state index contributed by atoms with van der Waals surface area (Å²) < 4.78 is 25.3. The molecule has 0 radical (unpaired) electrons. The molecule has 0 aromatic heterocycles. The lowest BCUT2D eigenvalue weighted by molar-refractivity contribution is 0.590. The summed E-state index contributed by atoms with van der Waals surface area (Å²) in [7, 11) is -3.31. The van der Waals surface area contributed by atoms with Crippen LogP contribution in [-0.2, 0) is 10.0 Å². The summed E-state index contributed by atoms with van der Waals surface area (Å²) in [6.07, 6.45) is 0.596. The molecule has 0 heterocycles. The van der Waals surface area contributed by atoms with E-state index in [-0.39, 0.29) is 5.75 Å². The first-order valence-corrected chi connectivity index (χ1v) is 7.36. The summed E-state index contributed by atoms with van der Waals surface area (Å²) in [5, 5.41) is 8.72. The fraction of sp³-hybridized carbons (Fsp3) is 0.417. The van der Waals surface area contributed by atoms with E-state index in [2.05, 4.69) is 0 Å². The van der Waals surface area contributed by atoms with Crippen molar-refractivity contribution in [2.24, 2.45) is 5.73 Å². The highest BCUT2D eigenvalue weighted by Crippen LogP contribution is 2.19. The molecule has 0 unspecified atom stereocenters. The van der Waals surface area contributed by atoms with E-state index in [1.807, 2.05) is 6.07 Å². The van der Waals surface area contributed by atoms with Crippen LogP contribution in [0.25, 0.3) is 0 Å². The molecule has 0 aliphatic carbocycles. The standard InChI is InChI=1S/C12H17N3O2S/c1-2-18(16,17)15(9-3-8-13)12-6-4-11(10-14)5-7-12/h4-7H,2-3,8-9,13H2,1H3. The lowest BCUT2D eigenvalue weighted by Gasteiger charge is -2.23. The van der Waals surface area contributed by atoms with Crippen molar-refractivity contribution in [2.75, 3.05) is 23.1 Å². The third kappa shape index (κ3) is 3.45. The maximum Gasteiger partial charge on any atom is 0.234 e. The smallest absolute Gasteiger partial charge is 0.234 e. The van der Waals surface area contributed by atoms with Crippen LogP contribution in [0.3, 0.4) is 0 Å². The van der Waals surface area contributed by atoms with Crippen LogP contribution in [0.1, 0.15) is 18.9 Å². The van der Waals surface area contributed by atoms with Crippen LogP contribution < -0.4 is 10.0 Å². The van der Waals surface area contributed by atoms with Crippen LogP contribution in [0, 0.1) is 11.3 Å². The summed E-state index contributed by atoms with van der Waals surface area (Å²) in [5.74, 6) is 0.0393. The molecule has 98 valence electrons. The molecule has 0 aliphatic rings. The van der Waals surface area contributed by atoms with Crippen LogP contribution in [0.5, 0.6) is 0 Å². The summed E-state index contributed by atoms with van der Waals surface area (Å²) >= 11 is 0. The second-order valence-corrected chi connectivity index (χ2v) is 5.96. The molecule has 0 amide bonds.